The summed E-state index contributed by atoms with van der Waals surface area (Å²) in [5.41, 5.74) is 0.629. The molecule has 9 heteroatoms. The Morgan fingerprint density at radius 3 is 2.59 bits per heavy atom. The van der Waals surface area contributed by atoms with Crippen LogP contribution < -0.4 is 5.32 Å². The normalized spacial score (nSPS) is 34.3. The first-order valence-corrected chi connectivity index (χ1v) is 18.4. The number of esters is 1. The molecule has 2 bridgehead atoms. The number of ether oxygens (including phenoxy) is 1. The number of benzene rings is 1. The molecule has 3 fully saturated rings. The van der Waals surface area contributed by atoms with Gasteiger partial charge in [-0.3, -0.25) is 14.4 Å². The van der Waals surface area contributed by atoms with Crippen LogP contribution in [0.1, 0.15) is 88.9 Å². The van der Waals surface area contributed by atoms with Crippen LogP contribution in [0.25, 0.3) is 10.6 Å². The molecule has 1 aromatic heterocycles. The molecule has 0 unspecified atom stereocenters. The van der Waals surface area contributed by atoms with Gasteiger partial charge in [0.1, 0.15) is 21.8 Å². The molecule has 0 spiro atoms. The Bertz CT molecular complexity index is 1490. The summed E-state index contributed by atoms with van der Waals surface area (Å²) in [6, 6.07) is 8.06. The highest BCUT2D eigenvalue weighted by Gasteiger charge is 2.68. The summed E-state index contributed by atoms with van der Waals surface area (Å²) < 4.78 is 5.95. The van der Waals surface area contributed by atoms with Gasteiger partial charge in [-0.2, -0.15) is 0 Å². The van der Waals surface area contributed by atoms with Crippen LogP contribution in [0.2, 0.25) is 0 Å². The van der Waals surface area contributed by atoms with E-state index in [0.717, 1.165) is 29.8 Å². The number of nitrogens with one attached hydrogen (secondary N) is 1. The number of amides is 1. The van der Waals surface area contributed by atoms with Crippen molar-refractivity contribution in [2.45, 2.75) is 97.5 Å². The van der Waals surface area contributed by atoms with E-state index in [-0.39, 0.29) is 46.6 Å². The number of carbonyl (C=O) groups excluding carboxylic acids is 3. The lowest BCUT2D eigenvalue weighted by atomic mass is 9.44. The van der Waals surface area contributed by atoms with E-state index >= 15 is 0 Å². The number of aliphatic hydroxyl groups excluding tert-OH is 1. The average Bonchev–Trinajstić information content (AvgIpc) is 3.66. The van der Waals surface area contributed by atoms with E-state index in [0.29, 0.717) is 24.3 Å². The van der Waals surface area contributed by atoms with Crippen LogP contribution in [0.15, 0.2) is 43.1 Å². The molecule has 1 amide bonds. The van der Waals surface area contributed by atoms with E-state index in [2.05, 4.69) is 37.7 Å². The lowest BCUT2D eigenvalue weighted by Gasteiger charge is -2.61. The fourth-order valence-corrected chi connectivity index (χ4v) is 10.2. The van der Waals surface area contributed by atoms with Gasteiger partial charge in [-0.15, -0.1) is 29.7 Å². The third-order valence-electron chi connectivity index (χ3n) is 11.9. The second-order valence-electron chi connectivity index (χ2n) is 15.2. The standard InChI is InChI=1S/C37H50N2O5S2/c1-9-35(7)18-28(36(8)23(3)14-16-37(24(4)31(35)42)17-15-26(40)30(36)37)44-29(41)20-45-34(5,6)21-39-32(43)27-19-38-33(46-27)25-12-10-22(2)11-13-25/h9-13,19,23-24,28,30-31,42H,1,14-18,20-21H2,2-8H3,(H,39,43)/t23-,24+,28-,30+,31+,35-,36+,37+/m1/s1. The van der Waals surface area contributed by atoms with E-state index in [4.69, 9.17) is 4.74 Å². The minimum Gasteiger partial charge on any atom is -0.461 e. The largest absolute Gasteiger partial charge is 0.461 e. The zero-order valence-electron chi connectivity index (χ0n) is 28.4. The van der Waals surface area contributed by atoms with Crippen LogP contribution in [0.5, 0.6) is 0 Å². The number of aryl methyl sites for hydroxylation is 1. The maximum atomic E-state index is 13.6. The molecule has 250 valence electrons. The molecule has 3 aliphatic carbocycles. The van der Waals surface area contributed by atoms with Crippen LogP contribution in [0, 0.1) is 40.9 Å². The maximum Gasteiger partial charge on any atom is 0.316 e. The summed E-state index contributed by atoms with van der Waals surface area (Å²) in [6.45, 7) is 18.9. The summed E-state index contributed by atoms with van der Waals surface area (Å²) in [5, 5.41) is 15.6. The number of nitrogens with zero attached hydrogens (tertiary/aromatic N) is 1. The number of hydrogen-bond donors (Lipinski definition) is 2. The van der Waals surface area contributed by atoms with Gasteiger partial charge in [0, 0.05) is 40.0 Å². The van der Waals surface area contributed by atoms with Crippen LogP contribution in [0.4, 0.5) is 0 Å². The van der Waals surface area contributed by atoms with Gasteiger partial charge in [-0.05, 0) is 63.7 Å². The summed E-state index contributed by atoms with van der Waals surface area (Å²) in [4.78, 5) is 45.2. The Kier molecular flexibility index (Phi) is 9.73. The zero-order chi connectivity index (χ0) is 33.7. The van der Waals surface area contributed by atoms with Crippen molar-refractivity contribution in [3.8, 4) is 10.6 Å². The van der Waals surface area contributed by atoms with Crippen molar-refractivity contribution in [3.63, 3.8) is 0 Å². The molecule has 0 saturated heterocycles. The van der Waals surface area contributed by atoms with Crippen molar-refractivity contribution >= 4 is 40.8 Å². The SMILES string of the molecule is C=C[C@]1(C)C[C@@H](OC(=O)CSC(C)(C)CNC(=O)c2cnc(-c3ccc(C)cc3)s2)[C@]2(C)[C@H](C)CC[C@]3(CCC(=O)[C@H]32)[C@@H](C)[C@@H]1O. The number of carbonyl (C=O) groups is 3. The van der Waals surface area contributed by atoms with Crippen LogP contribution in [-0.4, -0.2) is 57.0 Å². The molecule has 2 aromatic rings. The lowest BCUT2D eigenvalue weighted by Crippen LogP contribution is -2.63. The topological polar surface area (TPSA) is 106 Å². The number of ketones is 1. The molecule has 8 atom stereocenters. The highest BCUT2D eigenvalue weighted by molar-refractivity contribution is 8.01. The third kappa shape index (κ3) is 6.24. The molecule has 0 aliphatic heterocycles. The van der Waals surface area contributed by atoms with Crippen molar-refractivity contribution in [3.05, 3.63) is 53.6 Å². The Labute approximate surface area is 282 Å². The summed E-state index contributed by atoms with van der Waals surface area (Å²) in [6.07, 6.45) is 5.73. The first-order valence-electron chi connectivity index (χ1n) is 16.6. The minimum absolute atomic E-state index is 0.0684. The molecule has 5 rings (SSSR count). The number of Topliss-reactive ketones (excluding diaryl/α,β-unsaturated/α-hetero) is 1. The summed E-state index contributed by atoms with van der Waals surface area (Å²) in [5.74, 6) is -0.324. The van der Waals surface area contributed by atoms with Gasteiger partial charge in [0.15, 0.2) is 0 Å². The molecule has 2 N–H and O–H groups in total. The predicted molar refractivity (Wildman–Crippen MR) is 186 cm³/mol. The number of thiazole rings is 1. The highest BCUT2D eigenvalue weighted by atomic mass is 32.2. The van der Waals surface area contributed by atoms with Crippen LogP contribution in [-0.2, 0) is 14.3 Å². The van der Waals surface area contributed by atoms with Gasteiger partial charge in [0.05, 0.1) is 18.1 Å². The van der Waals surface area contributed by atoms with E-state index in [1.165, 1.54) is 28.7 Å². The predicted octanol–water partition coefficient (Wildman–Crippen LogP) is 7.27. The number of rotatable bonds is 9. The Balaban J connectivity index is 1.26. The van der Waals surface area contributed by atoms with Crippen molar-refractivity contribution < 1.29 is 24.2 Å². The van der Waals surface area contributed by atoms with E-state index in [1.807, 2.05) is 58.0 Å². The fraction of sp³-hybridized carbons (Fsp3) is 0.622. The second-order valence-corrected chi connectivity index (χ2v) is 17.9. The molecular weight excluding hydrogens is 617 g/mol. The molecule has 0 radical (unpaired) electrons. The first kappa shape index (κ1) is 34.8. The van der Waals surface area contributed by atoms with E-state index in [9.17, 15) is 19.5 Å². The lowest BCUT2D eigenvalue weighted by molar-refractivity contribution is -0.205. The Morgan fingerprint density at radius 2 is 1.91 bits per heavy atom. The molecule has 7 nitrogen and oxygen atoms in total. The van der Waals surface area contributed by atoms with Crippen molar-refractivity contribution in [2.75, 3.05) is 12.3 Å². The number of hydrogen-bond acceptors (Lipinski definition) is 8. The van der Waals surface area contributed by atoms with Gasteiger partial charge >= 0.3 is 5.97 Å². The number of thioether (sulfide) groups is 1. The van der Waals surface area contributed by atoms with Crippen LogP contribution >= 0.6 is 23.1 Å². The Hall–Kier alpha value is -2.49. The smallest absolute Gasteiger partial charge is 0.316 e. The fourth-order valence-electron chi connectivity index (χ4n) is 8.59. The van der Waals surface area contributed by atoms with Gasteiger partial charge in [-0.25, -0.2) is 4.98 Å². The highest BCUT2D eigenvalue weighted by Crippen LogP contribution is 2.68. The molecule has 46 heavy (non-hydrogen) atoms. The molecule has 1 heterocycles. The summed E-state index contributed by atoms with van der Waals surface area (Å²) in [7, 11) is 0. The summed E-state index contributed by atoms with van der Waals surface area (Å²) >= 11 is 2.79. The van der Waals surface area contributed by atoms with Crippen LogP contribution in [0.3, 0.4) is 0 Å². The zero-order valence-corrected chi connectivity index (χ0v) is 30.0. The van der Waals surface area contributed by atoms with Crippen molar-refractivity contribution in [1.29, 1.82) is 0 Å². The second kappa shape index (κ2) is 12.8. The van der Waals surface area contributed by atoms with E-state index in [1.54, 1.807) is 6.20 Å². The third-order valence-corrected chi connectivity index (χ3v) is 14.2. The number of aliphatic hydroxyl groups is 1. The Morgan fingerprint density at radius 1 is 1.22 bits per heavy atom. The van der Waals surface area contributed by atoms with Gasteiger partial charge in [-0.1, -0.05) is 63.6 Å². The van der Waals surface area contributed by atoms with Gasteiger partial charge < -0.3 is 15.2 Å². The van der Waals surface area contributed by atoms with E-state index < -0.39 is 27.8 Å². The first-order chi connectivity index (χ1) is 21.6. The van der Waals surface area contributed by atoms with Crippen molar-refractivity contribution in [1.82, 2.24) is 10.3 Å². The van der Waals surface area contributed by atoms with Gasteiger partial charge in [0.2, 0.25) is 0 Å². The van der Waals surface area contributed by atoms with Gasteiger partial charge in [0.25, 0.3) is 5.91 Å². The average molecular weight is 667 g/mol. The molecule has 3 saturated carbocycles. The quantitative estimate of drug-likeness (QED) is 0.214. The van der Waals surface area contributed by atoms with Crippen molar-refractivity contribution in [2.24, 2.45) is 34.0 Å². The molecule has 3 aliphatic rings. The molecular formula is C37H50N2O5S2. The maximum absolute atomic E-state index is 13.6. The number of aromatic nitrogens is 1. The minimum atomic E-state index is -0.694. The monoisotopic (exact) mass is 666 g/mol. The molecule has 1 aromatic carbocycles.